The molecular weight excluding hydrogens is 318 g/mol. The summed E-state index contributed by atoms with van der Waals surface area (Å²) in [4.78, 5) is 10.0. The number of hydrogen-bond acceptors (Lipinski definition) is 4. The zero-order chi connectivity index (χ0) is 17.2. The normalized spacial score (nSPS) is 11.4. The van der Waals surface area contributed by atoms with Gasteiger partial charge in [-0.2, -0.15) is 5.10 Å². The van der Waals surface area contributed by atoms with Crippen molar-refractivity contribution in [3.05, 3.63) is 88.8 Å². The number of nitrogens with zero attached hydrogens (tertiary/aromatic N) is 3. The highest BCUT2D eigenvalue weighted by molar-refractivity contribution is 5.91. The number of rotatable bonds is 4. The van der Waals surface area contributed by atoms with Crippen LogP contribution in [0.3, 0.4) is 0 Å². The molecule has 0 aliphatic rings. The number of hydrogen-bond donors (Lipinski definition) is 0. The highest BCUT2D eigenvalue weighted by atomic mass is 16.6. The average Bonchev–Trinajstić information content (AvgIpc) is 3.20. The third kappa shape index (κ3) is 2.81. The number of furan rings is 1. The minimum atomic E-state index is -0.519. The van der Waals surface area contributed by atoms with Crippen LogP contribution in [0.25, 0.3) is 34.1 Å². The number of benzene rings is 2. The van der Waals surface area contributed by atoms with E-state index in [1.54, 1.807) is 10.7 Å². The van der Waals surface area contributed by atoms with E-state index in [-0.39, 0.29) is 0 Å². The van der Waals surface area contributed by atoms with E-state index in [4.69, 9.17) is 9.52 Å². The Labute approximate surface area is 142 Å². The van der Waals surface area contributed by atoms with Gasteiger partial charge >= 0.3 is 0 Å². The van der Waals surface area contributed by atoms with E-state index in [9.17, 15) is 10.1 Å². The molecule has 0 bridgehead atoms. The van der Waals surface area contributed by atoms with Crippen LogP contribution >= 0.6 is 0 Å². The molecule has 2 heterocycles. The van der Waals surface area contributed by atoms with Crippen LogP contribution in [0.1, 0.15) is 5.76 Å². The predicted octanol–water partition coefficient (Wildman–Crippen LogP) is 4.53. The van der Waals surface area contributed by atoms with Crippen molar-refractivity contribution in [2.75, 3.05) is 0 Å². The van der Waals surface area contributed by atoms with Gasteiger partial charge in [0, 0.05) is 11.6 Å². The SMILES string of the molecule is O=[N+]([O-])C=Cc1cc2c(o1)c(-c1ccccc1)nn2-c1ccccc1. The molecule has 4 aromatic rings. The summed E-state index contributed by atoms with van der Waals surface area (Å²) in [5.74, 6) is 0.408. The highest BCUT2D eigenvalue weighted by Crippen LogP contribution is 2.32. The molecule has 122 valence electrons. The van der Waals surface area contributed by atoms with Crippen LogP contribution < -0.4 is 0 Å². The maximum absolute atomic E-state index is 10.6. The van der Waals surface area contributed by atoms with Gasteiger partial charge in [-0.15, -0.1) is 0 Å². The Morgan fingerprint density at radius 3 is 2.40 bits per heavy atom. The first-order chi connectivity index (χ1) is 12.2. The Morgan fingerprint density at radius 1 is 1.04 bits per heavy atom. The number of para-hydroxylation sites is 1. The van der Waals surface area contributed by atoms with Crippen LogP contribution in [0, 0.1) is 10.1 Å². The number of nitro groups is 1. The van der Waals surface area contributed by atoms with Gasteiger partial charge in [-0.05, 0) is 12.1 Å². The van der Waals surface area contributed by atoms with E-state index >= 15 is 0 Å². The Kier molecular flexibility index (Phi) is 3.63. The van der Waals surface area contributed by atoms with E-state index < -0.39 is 4.92 Å². The Balaban J connectivity index is 1.94. The molecule has 0 amide bonds. The fourth-order valence-corrected chi connectivity index (χ4v) is 2.69. The quantitative estimate of drug-likeness (QED) is 0.407. The smallest absolute Gasteiger partial charge is 0.238 e. The van der Waals surface area contributed by atoms with Crippen molar-refractivity contribution in [2.24, 2.45) is 0 Å². The van der Waals surface area contributed by atoms with Crippen LogP contribution in [0.15, 0.2) is 77.3 Å². The van der Waals surface area contributed by atoms with Crippen molar-refractivity contribution < 1.29 is 9.34 Å². The molecule has 6 nitrogen and oxygen atoms in total. The number of fused-ring (bicyclic) bond motifs is 1. The lowest BCUT2D eigenvalue weighted by Crippen LogP contribution is -1.95. The van der Waals surface area contributed by atoms with Gasteiger partial charge in [0.15, 0.2) is 5.58 Å². The topological polar surface area (TPSA) is 74.1 Å². The maximum atomic E-state index is 10.6. The molecule has 4 rings (SSSR count). The Hall–Kier alpha value is -3.67. The molecule has 0 spiro atoms. The second-order valence-corrected chi connectivity index (χ2v) is 5.43. The van der Waals surface area contributed by atoms with Gasteiger partial charge < -0.3 is 4.42 Å². The zero-order valence-corrected chi connectivity index (χ0v) is 13.1. The molecule has 0 atom stereocenters. The summed E-state index contributed by atoms with van der Waals surface area (Å²) in [5, 5.41) is 15.3. The lowest BCUT2D eigenvalue weighted by atomic mass is 10.1. The van der Waals surface area contributed by atoms with Crippen LogP contribution in [0.4, 0.5) is 0 Å². The van der Waals surface area contributed by atoms with Gasteiger partial charge in [-0.25, -0.2) is 4.68 Å². The molecule has 0 saturated carbocycles. The van der Waals surface area contributed by atoms with Crippen LogP contribution in [0.5, 0.6) is 0 Å². The fourth-order valence-electron chi connectivity index (χ4n) is 2.69. The third-order valence-electron chi connectivity index (χ3n) is 3.78. The lowest BCUT2D eigenvalue weighted by molar-refractivity contribution is -0.401. The van der Waals surface area contributed by atoms with Crippen molar-refractivity contribution in [2.45, 2.75) is 0 Å². The van der Waals surface area contributed by atoms with E-state index in [2.05, 4.69) is 0 Å². The summed E-state index contributed by atoms with van der Waals surface area (Å²) < 4.78 is 7.61. The minimum absolute atomic E-state index is 0.408. The van der Waals surface area contributed by atoms with Gasteiger partial charge in [0.05, 0.1) is 16.7 Å². The summed E-state index contributed by atoms with van der Waals surface area (Å²) in [5.41, 5.74) is 3.85. The second kappa shape index (κ2) is 6.09. The van der Waals surface area contributed by atoms with Crippen molar-refractivity contribution in [1.82, 2.24) is 9.78 Å². The van der Waals surface area contributed by atoms with E-state index in [1.165, 1.54) is 6.08 Å². The summed E-state index contributed by atoms with van der Waals surface area (Å²) in [6.45, 7) is 0. The summed E-state index contributed by atoms with van der Waals surface area (Å²) >= 11 is 0. The molecule has 0 aliphatic heterocycles. The van der Waals surface area contributed by atoms with Crippen LogP contribution in [-0.4, -0.2) is 14.7 Å². The van der Waals surface area contributed by atoms with Crippen molar-refractivity contribution in [1.29, 1.82) is 0 Å². The minimum Gasteiger partial charge on any atom is -0.452 e. The Bertz CT molecular complexity index is 991. The van der Waals surface area contributed by atoms with Crippen molar-refractivity contribution in [3.63, 3.8) is 0 Å². The fraction of sp³-hybridized carbons (Fsp3) is 0. The molecular formula is C19H13N3O3. The predicted molar refractivity (Wildman–Crippen MR) is 94.8 cm³/mol. The highest BCUT2D eigenvalue weighted by Gasteiger charge is 2.18. The monoisotopic (exact) mass is 331 g/mol. The molecule has 0 unspecified atom stereocenters. The first-order valence-electron chi connectivity index (χ1n) is 7.67. The lowest BCUT2D eigenvalue weighted by Gasteiger charge is -2.01. The van der Waals surface area contributed by atoms with Gasteiger partial charge in [0.2, 0.25) is 6.20 Å². The zero-order valence-electron chi connectivity index (χ0n) is 13.1. The van der Waals surface area contributed by atoms with Gasteiger partial charge in [0.25, 0.3) is 0 Å². The summed E-state index contributed by atoms with van der Waals surface area (Å²) in [6.07, 6.45) is 2.20. The van der Waals surface area contributed by atoms with Crippen molar-refractivity contribution in [3.8, 4) is 16.9 Å². The molecule has 0 radical (unpaired) electrons. The van der Waals surface area contributed by atoms with Crippen LogP contribution in [-0.2, 0) is 0 Å². The Morgan fingerprint density at radius 2 is 1.72 bits per heavy atom. The molecule has 0 aliphatic carbocycles. The summed E-state index contributed by atoms with van der Waals surface area (Å²) in [7, 11) is 0. The molecule has 2 aromatic heterocycles. The van der Waals surface area contributed by atoms with E-state index in [1.807, 2.05) is 60.7 Å². The third-order valence-corrected chi connectivity index (χ3v) is 3.78. The molecule has 25 heavy (non-hydrogen) atoms. The van der Waals surface area contributed by atoms with Crippen LogP contribution in [0.2, 0.25) is 0 Å². The summed E-state index contributed by atoms with van der Waals surface area (Å²) in [6, 6.07) is 21.1. The van der Waals surface area contributed by atoms with E-state index in [0.29, 0.717) is 17.0 Å². The first kappa shape index (κ1) is 14.9. The largest absolute Gasteiger partial charge is 0.452 e. The first-order valence-corrected chi connectivity index (χ1v) is 7.67. The second-order valence-electron chi connectivity index (χ2n) is 5.43. The molecule has 0 fully saturated rings. The molecule has 2 aromatic carbocycles. The molecule has 0 saturated heterocycles. The van der Waals surface area contributed by atoms with E-state index in [0.717, 1.165) is 23.0 Å². The van der Waals surface area contributed by atoms with Gasteiger partial charge in [-0.1, -0.05) is 48.5 Å². The molecule has 0 N–H and O–H groups in total. The average molecular weight is 331 g/mol. The van der Waals surface area contributed by atoms with Gasteiger partial charge in [-0.3, -0.25) is 10.1 Å². The standard InChI is InChI=1S/C19H13N3O3/c23-21(24)12-11-16-13-17-19(25-16)18(14-7-3-1-4-8-14)20-22(17)15-9-5-2-6-10-15/h1-13H. The van der Waals surface area contributed by atoms with Crippen molar-refractivity contribution >= 4 is 17.2 Å². The number of aromatic nitrogens is 2. The molecule has 6 heteroatoms. The van der Waals surface area contributed by atoms with Gasteiger partial charge in [0.1, 0.15) is 17.0 Å². The maximum Gasteiger partial charge on any atom is 0.238 e.